The van der Waals surface area contributed by atoms with Crippen LogP contribution < -0.4 is 5.32 Å². The Labute approximate surface area is 107 Å². The topological polar surface area (TPSA) is 45.5 Å². The predicted octanol–water partition coefficient (Wildman–Crippen LogP) is 1.63. The molecule has 2 aromatic heterocycles. The zero-order chi connectivity index (χ0) is 12.2. The first kappa shape index (κ1) is 11.5. The van der Waals surface area contributed by atoms with E-state index in [0.29, 0.717) is 0 Å². The zero-order valence-electron chi connectivity index (χ0n) is 10.5. The summed E-state index contributed by atoms with van der Waals surface area (Å²) in [5.41, 5.74) is 0.887. The Balaban J connectivity index is 1.52. The SMILES string of the molecule is c1cc2nc(NCCN3CCCCC3)ccn2n1. The van der Waals surface area contributed by atoms with Crippen molar-refractivity contribution in [3.05, 3.63) is 24.5 Å². The number of hydrogen-bond donors (Lipinski definition) is 1. The van der Waals surface area contributed by atoms with Gasteiger partial charge in [0.2, 0.25) is 0 Å². The summed E-state index contributed by atoms with van der Waals surface area (Å²) in [7, 11) is 0. The van der Waals surface area contributed by atoms with E-state index in [0.717, 1.165) is 24.6 Å². The molecular formula is C13H19N5. The van der Waals surface area contributed by atoms with Crippen LogP contribution in [0.15, 0.2) is 24.5 Å². The van der Waals surface area contributed by atoms with E-state index in [9.17, 15) is 0 Å². The Morgan fingerprint density at radius 3 is 2.94 bits per heavy atom. The van der Waals surface area contributed by atoms with Crippen LogP contribution in [0.25, 0.3) is 5.65 Å². The lowest BCUT2D eigenvalue weighted by Crippen LogP contribution is -2.33. The molecular weight excluding hydrogens is 226 g/mol. The molecule has 3 heterocycles. The number of anilines is 1. The second kappa shape index (κ2) is 5.35. The summed E-state index contributed by atoms with van der Waals surface area (Å²) in [5, 5.41) is 7.51. The fourth-order valence-corrected chi connectivity index (χ4v) is 2.44. The van der Waals surface area contributed by atoms with E-state index in [1.807, 2.05) is 18.3 Å². The molecule has 1 N–H and O–H groups in total. The Morgan fingerprint density at radius 2 is 2.06 bits per heavy atom. The fourth-order valence-electron chi connectivity index (χ4n) is 2.44. The van der Waals surface area contributed by atoms with Gasteiger partial charge >= 0.3 is 0 Å². The molecule has 0 unspecified atom stereocenters. The first-order valence-electron chi connectivity index (χ1n) is 6.68. The average Bonchev–Trinajstić information content (AvgIpc) is 2.87. The van der Waals surface area contributed by atoms with Crippen molar-refractivity contribution in [2.45, 2.75) is 19.3 Å². The van der Waals surface area contributed by atoms with Crippen molar-refractivity contribution in [1.29, 1.82) is 0 Å². The van der Waals surface area contributed by atoms with Gasteiger partial charge in [-0.15, -0.1) is 0 Å². The van der Waals surface area contributed by atoms with E-state index >= 15 is 0 Å². The van der Waals surface area contributed by atoms with E-state index in [-0.39, 0.29) is 0 Å². The molecule has 1 fully saturated rings. The molecule has 1 saturated heterocycles. The Morgan fingerprint density at radius 1 is 1.17 bits per heavy atom. The molecule has 0 saturated carbocycles. The van der Waals surface area contributed by atoms with Gasteiger partial charge in [-0.25, -0.2) is 9.50 Å². The second-order valence-corrected chi connectivity index (χ2v) is 4.78. The molecule has 3 rings (SSSR count). The molecule has 0 atom stereocenters. The fraction of sp³-hybridized carbons (Fsp3) is 0.538. The number of piperidine rings is 1. The van der Waals surface area contributed by atoms with Crippen LogP contribution in [0.1, 0.15) is 19.3 Å². The van der Waals surface area contributed by atoms with E-state index in [2.05, 4.69) is 20.3 Å². The van der Waals surface area contributed by atoms with E-state index in [4.69, 9.17) is 0 Å². The van der Waals surface area contributed by atoms with Crippen molar-refractivity contribution < 1.29 is 0 Å². The molecule has 0 spiro atoms. The van der Waals surface area contributed by atoms with Gasteiger partial charge in [0.15, 0.2) is 5.65 Å². The number of rotatable bonds is 4. The number of nitrogens with zero attached hydrogens (tertiary/aromatic N) is 4. The highest BCUT2D eigenvalue weighted by Crippen LogP contribution is 2.09. The Bertz CT molecular complexity index is 501. The smallest absolute Gasteiger partial charge is 0.157 e. The van der Waals surface area contributed by atoms with E-state index in [1.54, 1.807) is 10.7 Å². The van der Waals surface area contributed by atoms with Crippen LogP contribution in [0.2, 0.25) is 0 Å². The molecule has 0 amide bonds. The first-order chi connectivity index (χ1) is 8.92. The standard InChI is InChI=1S/C13H19N5/c1-2-8-17(9-3-1)11-7-14-12-5-10-18-13(16-12)4-6-15-18/h4-6,10H,1-3,7-9,11H2,(H,14,16). The third-order valence-electron chi connectivity index (χ3n) is 3.44. The molecule has 0 aliphatic carbocycles. The quantitative estimate of drug-likeness (QED) is 0.889. The lowest BCUT2D eigenvalue weighted by molar-refractivity contribution is 0.237. The summed E-state index contributed by atoms with van der Waals surface area (Å²) in [6.07, 6.45) is 7.79. The largest absolute Gasteiger partial charge is 0.369 e. The summed E-state index contributed by atoms with van der Waals surface area (Å²) in [6, 6.07) is 3.88. The zero-order valence-corrected chi connectivity index (χ0v) is 10.5. The van der Waals surface area contributed by atoms with E-state index in [1.165, 1.54) is 32.4 Å². The molecule has 0 radical (unpaired) electrons. The Kier molecular flexibility index (Phi) is 3.41. The van der Waals surface area contributed by atoms with Crippen LogP contribution in [0.4, 0.5) is 5.82 Å². The van der Waals surface area contributed by atoms with Gasteiger partial charge in [-0.3, -0.25) is 0 Å². The van der Waals surface area contributed by atoms with Gasteiger partial charge in [-0.1, -0.05) is 6.42 Å². The number of nitrogens with one attached hydrogen (secondary N) is 1. The van der Waals surface area contributed by atoms with Crippen LogP contribution in [-0.4, -0.2) is 45.7 Å². The average molecular weight is 245 g/mol. The molecule has 5 heteroatoms. The van der Waals surface area contributed by atoms with Gasteiger partial charge in [0.05, 0.1) is 6.20 Å². The third kappa shape index (κ3) is 2.61. The van der Waals surface area contributed by atoms with Crippen molar-refractivity contribution in [2.75, 3.05) is 31.5 Å². The molecule has 96 valence electrons. The summed E-state index contributed by atoms with van der Waals surface area (Å²) in [6.45, 7) is 4.55. The van der Waals surface area contributed by atoms with Gasteiger partial charge < -0.3 is 10.2 Å². The maximum atomic E-state index is 4.49. The van der Waals surface area contributed by atoms with Crippen LogP contribution in [0.3, 0.4) is 0 Å². The minimum atomic E-state index is 0.887. The molecule has 0 bridgehead atoms. The summed E-state index contributed by atoms with van der Waals surface area (Å²) in [5.74, 6) is 0.931. The monoisotopic (exact) mass is 245 g/mol. The highest BCUT2D eigenvalue weighted by atomic mass is 15.2. The minimum Gasteiger partial charge on any atom is -0.369 e. The molecule has 0 aromatic carbocycles. The number of aromatic nitrogens is 3. The second-order valence-electron chi connectivity index (χ2n) is 4.78. The molecule has 1 aliphatic rings. The van der Waals surface area contributed by atoms with Crippen molar-refractivity contribution in [3.8, 4) is 0 Å². The number of hydrogen-bond acceptors (Lipinski definition) is 4. The molecule has 18 heavy (non-hydrogen) atoms. The van der Waals surface area contributed by atoms with Gasteiger partial charge in [0.25, 0.3) is 0 Å². The third-order valence-corrected chi connectivity index (χ3v) is 3.44. The number of likely N-dealkylation sites (tertiary alicyclic amines) is 1. The highest BCUT2D eigenvalue weighted by molar-refractivity contribution is 5.45. The van der Waals surface area contributed by atoms with Crippen LogP contribution in [0, 0.1) is 0 Å². The summed E-state index contributed by atoms with van der Waals surface area (Å²) < 4.78 is 1.77. The number of fused-ring (bicyclic) bond motifs is 1. The minimum absolute atomic E-state index is 0.887. The lowest BCUT2D eigenvalue weighted by atomic mass is 10.1. The van der Waals surface area contributed by atoms with E-state index < -0.39 is 0 Å². The van der Waals surface area contributed by atoms with Crippen LogP contribution in [-0.2, 0) is 0 Å². The Hall–Kier alpha value is -1.62. The van der Waals surface area contributed by atoms with Gasteiger partial charge in [0.1, 0.15) is 5.82 Å². The summed E-state index contributed by atoms with van der Waals surface area (Å²) >= 11 is 0. The van der Waals surface area contributed by atoms with Crippen LogP contribution >= 0.6 is 0 Å². The van der Waals surface area contributed by atoms with Crippen LogP contribution in [0.5, 0.6) is 0 Å². The lowest BCUT2D eigenvalue weighted by Gasteiger charge is -2.26. The first-order valence-corrected chi connectivity index (χ1v) is 6.68. The maximum Gasteiger partial charge on any atom is 0.157 e. The molecule has 1 aliphatic heterocycles. The van der Waals surface area contributed by atoms with Gasteiger partial charge in [-0.2, -0.15) is 5.10 Å². The van der Waals surface area contributed by atoms with Gasteiger partial charge in [-0.05, 0) is 32.0 Å². The maximum absolute atomic E-state index is 4.49. The predicted molar refractivity (Wildman–Crippen MR) is 71.8 cm³/mol. The summed E-state index contributed by atoms with van der Waals surface area (Å²) in [4.78, 5) is 7.01. The van der Waals surface area contributed by atoms with Crippen molar-refractivity contribution in [1.82, 2.24) is 19.5 Å². The highest BCUT2D eigenvalue weighted by Gasteiger charge is 2.09. The van der Waals surface area contributed by atoms with Crippen molar-refractivity contribution in [3.63, 3.8) is 0 Å². The van der Waals surface area contributed by atoms with Gasteiger partial charge in [0, 0.05) is 25.4 Å². The molecule has 2 aromatic rings. The molecule has 5 nitrogen and oxygen atoms in total. The normalized spacial score (nSPS) is 17.1. The van der Waals surface area contributed by atoms with Crippen molar-refractivity contribution >= 4 is 11.5 Å². The van der Waals surface area contributed by atoms with Crippen molar-refractivity contribution in [2.24, 2.45) is 0 Å².